The molecular weight excluding hydrogens is 486 g/mol. The summed E-state index contributed by atoms with van der Waals surface area (Å²) in [4.78, 5) is 12.5. The Hall–Kier alpha value is -4.17. The smallest absolute Gasteiger partial charge is 0.260 e. The summed E-state index contributed by atoms with van der Waals surface area (Å²) in [6.07, 6.45) is 3.22. The van der Waals surface area contributed by atoms with Crippen LogP contribution in [0, 0.1) is 0 Å². The van der Waals surface area contributed by atoms with Crippen molar-refractivity contribution in [3.8, 4) is 5.75 Å². The summed E-state index contributed by atoms with van der Waals surface area (Å²) in [5.74, 6) is 0.176. The summed E-state index contributed by atoms with van der Waals surface area (Å²) in [6, 6.07) is 28.8. The Morgan fingerprint density at radius 3 is 2.35 bits per heavy atom. The largest absolute Gasteiger partial charge is 0.489 e. The molecule has 0 atom stereocenters. The number of ether oxygens (including phenoxy) is 1. The van der Waals surface area contributed by atoms with Crippen molar-refractivity contribution in [2.24, 2.45) is 5.10 Å². The Kier molecular flexibility index (Phi) is 8.20. The number of hydrogen-bond donors (Lipinski definition) is 1. The first-order chi connectivity index (χ1) is 17.8. The summed E-state index contributed by atoms with van der Waals surface area (Å²) in [5, 5.41) is 6.32. The van der Waals surface area contributed by atoms with Gasteiger partial charge in [-0.3, -0.25) is 9.10 Å². The first kappa shape index (κ1) is 25.9. The summed E-state index contributed by atoms with van der Waals surface area (Å²) < 4.78 is 31.8. The second-order valence-electron chi connectivity index (χ2n) is 8.54. The number of amides is 1. The molecule has 0 aromatic heterocycles. The molecule has 7 nitrogen and oxygen atoms in total. The number of carbonyl (C=O) groups excluding carboxylic acids is 1. The van der Waals surface area contributed by atoms with Gasteiger partial charge in [0, 0.05) is 0 Å². The van der Waals surface area contributed by atoms with Gasteiger partial charge in [-0.25, -0.2) is 13.8 Å². The van der Waals surface area contributed by atoms with Crippen molar-refractivity contribution in [2.45, 2.75) is 20.0 Å². The Morgan fingerprint density at radius 1 is 0.919 bits per heavy atom. The lowest BCUT2D eigenvalue weighted by molar-refractivity contribution is -0.119. The highest BCUT2D eigenvalue weighted by atomic mass is 32.2. The molecule has 0 bridgehead atoms. The molecule has 190 valence electrons. The van der Waals surface area contributed by atoms with E-state index in [1.807, 2.05) is 61.5 Å². The number of benzene rings is 4. The van der Waals surface area contributed by atoms with E-state index in [1.165, 1.54) is 11.6 Å². The molecule has 0 saturated heterocycles. The molecule has 0 heterocycles. The van der Waals surface area contributed by atoms with Crippen molar-refractivity contribution >= 4 is 38.6 Å². The van der Waals surface area contributed by atoms with Crippen LogP contribution in [0.3, 0.4) is 0 Å². The van der Waals surface area contributed by atoms with Gasteiger partial charge in [0.05, 0.1) is 18.2 Å². The number of anilines is 1. The summed E-state index contributed by atoms with van der Waals surface area (Å²) in [7, 11) is -3.66. The number of hydrazone groups is 1. The fourth-order valence-electron chi connectivity index (χ4n) is 4.01. The number of hydrogen-bond acceptors (Lipinski definition) is 5. The Balaban J connectivity index is 1.34. The minimum absolute atomic E-state index is 0.367. The van der Waals surface area contributed by atoms with E-state index in [-0.39, 0.29) is 6.54 Å². The van der Waals surface area contributed by atoms with Crippen LogP contribution in [-0.2, 0) is 27.8 Å². The minimum atomic E-state index is -3.66. The zero-order valence-electron chi connectivity index (χ0n) is 20.8. The molecule has 0 saturated carbocycles. The predicted octanol–water partition coefficient (Wildman–Crippen LogP) is 4.90. The van der Waals surface area contributed by atoms with Gasteiger partial charge in [-0.2, -0.15) is 5.10 Å². The van der Waals surface area contributed by atoms with Crippen LogP contribution in [0.4, 0.5) is 5.69 Å². The Morgan fingerprint density at radius 2 is 1.59 bits per heavy atom. The molecule has 0 spiro atoms. The van der Waals surface area contributed by atoms with E-state index in [2.05, 4.69) is 34.8 Å². The minimum Gasteiger partial charge on any atom is -0.489 e. The summed E-state index contributed by atoms with van der Waals surface area (Å²) >= 11 is 0. The fourth-order valence-corrected chi connectivity index (χ4v) is 4.90. The lowest BCUT2D eigenvalue weighted by atomic mass is 10.1. The normalized spacial score (nSPS) is 11.5. The molecule has 0 aliphatic rings. The second-order valence-corrected chi connectivity index (χ2v) is 10.4. The highest BCUT2D eigenvalue weighted by Gasteiger charge is 2.22. The summed E-state index contributed by atoms with van der Waals surface area (Å²) in [6.45, 7) is 2.01. The third-order valence-corrected chi connectivity index (χ3v) is 7.01. The van der Waals surface area contributed by atoms with Crippen molar-refractivity contribution < 1.29 is 17.9 Å². The van der Waals surface area contributed by atoms with Crippen molar-refractivity contribution in [3.63, 3.8) is 0 Å². The van der Waals surface area contributed by atoms with Crippen molar-refractivity contribution in [2.75, 3.05) is 17.1 Å². The van der Waals surface area contributed by atoms with Crippen molar-refractivity contribution in [3.05, 3.63) is 108 Å². The molecular formula is C29H29N3O4S. The number of para-hydroxylation sites is 1. The molecule has 0 radical (unpaired) electrons. The zero-order chi connectivity index (χ0) is 26.3. The maximum absolute atomic E-state index is 12.5. The molecule has 37 heavy (non-hydrogen) atoms. The van der Waals surface area contributed by atoms with Crippen LogP contribution in [0.25, 0.3) is 10.8 Å². The molecule has 1 amide bonds. The van der Waals surface area contributed by atoms with Gasteiger partial charge in [0.1, 0.15) is 18.9 Å². The number of nitrogens with one attached hydrogen (secondary N) is 1. The zero-order valence-corrected chi connectivity index (χ0v) is 21.6. The molecule has 0 unspecified atom stereocenters. The topological polar surface area (TPSA) is 88.1 Å². The van der Waals surface area contributed by atoms with Gasteiger partial charge in [-0.1, -0.05) is 67.6 Å². The maximum Gasteiger partial charge on any atom is 0.260 e. The summed E-state index contributed by atoms with van der Waals surface area (Å²) in [5.41, 5.74) is 5.61. The molecule has 0 aliphatic heterocycles. The SMILES string of the molecule is CCc1ccccc1N(CC(=O)N/N=C\c1ccc(OCc2cccc3ccccc23)cc1)S(C)(=O)=O. The van der Waals surface area contributed by atoms with Crippen LogP contribution < -0.4 is 14.5 Å². The van der Waals surface area contributed by atoms with Crippen LogP contribution in [0.2, 0.25) is 0 Å². The van der Waals surface area contributed by atoms with Gasteiger partial charge in [-0.05, 0) is 64.2 Å². The lowest BCUT2D eigenvalue weighted by Gasteiger charge is -2.23. The van der Waals surface area contributed by atoms with E-state index >= 15 is 0 Å². The number of fused-ring (bicyclic) bond motifs is 1. The number of sulfonamides is 1. The second kappa shape index (κ2) is 11.7. The van der Waals surface area contributed by atoms with E-state index in [9.17, 15) is 13.2 Å². The monoisotopic (exact) mass is 515 g/mol. The van der Waals surface area contributed by atoms with Gasteiger partial charge >= 0.3 is 0 Å². The van der Waals surface area contributed by atoms with Gasteiger partial charge in [0.25, 0.3) is 5.91 Å². The first-order valence-corrected chi connectivity index (χ1v) is 13.8. The lowest BCUT2D eigenvalue weighted by Crippen LogP contribution is -2.39. The highest BCUT2D eigenvalue weighted by molar-refractivity contribution is 7.92. The van der Waals surface area contributed by atoms with E-state index in [4.69, 9.17) is 4.74 Å². The van der Waals surface area contributed by atoms with E-state index in [0.29, 0.717) is 24.5 Å². The first-order valence-electron chi connectivity index (χ1n) is 11.9. The van der Waals surface area contributed by atoms with Gasteiger partial charge in [-0.15, -0.1) is 0 Å². The number of carbonyl (C=O) groups is 1. The van der Waals surface area contributed by atoms with E-state index < -0.39 is 15.9 Å². The number of rotatable bonds is 10. The fraction of sp³-hybridized carbons (Fsp3) is 0.172. The molecule has 0 aliphatic carbocycles. The predicted molar refractivity (Wildman–Crippen MR) is 148 cm³/mol. The molecule has 0 fully saturated rings. The van der Waals surface area contributed by atoms with Gasteiger partial charge in [0.15, 0.2) is 0 Å². The molecule has 4 rings (SSSR count). The number of nitrogens with zero attached hydrogens (tertiary/aromatic N) is 2. The quantitative estimate of drug-likeness (QED) is 0.240. The standard InChI is InChI=1S/C29H29N3O4S/c1-3-23-9-5-7-14-28(23)32(37(2,34)35)20-29(33)31-30-19-22-15-17-26(18-16-22)36-21-25-12-8-11-24-10-4-6-13-27(24)25/h4-19H,3,20-21H2,1-2H3,(H,31,33)/b30-19-. The number of aryl methyl sites for hydroxylation is 1. The van der Waals surface area contributed by atoms with Crippen molar-refractivity contribution in [1.29, 1.82) is 0 Å². The van der Waals surface area contributed by atoms with Crippen LogP contribution in [0.5, 0.6) is 5.75 Å². The third-order valence-electron chi connectivity index (χ3n) is 5.89. The average molecular weight is 516 g/mol. The molecule has 4 aromatic carbocycles. The van der Waals surface area contributed by atoms with Crippen LogP contribution in [0.1, 0.15) is 23.6 Å². The van der Waals surface area contributed by atoms with E-state index in [1.54, 1.807) is 12.1 Å². The third kappa shape index (κ3) is 6.74. The van der Waals surface area contributed by atoms with Crippen molar-refractivity contribution in [1.82, 2.24) is 5.43 Å². The van der Waals surface area contributed by atoms with Gasteiger partial charge < -0.3 is 4.74 Å². The van der Waals surface area contributed by atoms with Crippen LogP contribution in [-0.4, -0.2) is 33.3 Å². The maximum atomic E-state index is 12.5. The molecule has 1 N–H and O–H groups in total. The van der Waals surface area contributed by atoms with Gasteiger partial charge in [0.2, 0.25) is 10.0 Å². The highest BCUT2D eigenvalue weighted by Crippen LogP contribution is 2.23. The molecule has 4 aromatic rings. The Bertz CT molecular complexity index is 1510. The average Bonchev–Trinajstić information content (AvgIpc) is 2.90. The molecule has 8 heteroatoms. The Labute approximate surface area is 217 Å². The van der Waals surface area contributed by atoms with Crippen LogP contribution >= 0.6 is 0 Å². The van der Waals surface area contributed by atoms with Crippen LogP contribution in [0.15, 0.2) is 96.1 Å². The van der Waals surface area contributed by atoms with E-state index in [0.717, 1.165) is 32.6 Å².